The molecule has 0 bridgehead atoms. The van der Waals surface area contributed by atoms with Crippen molar-refractivity contribution in [2.45, 2.75) is 61.9 Å². The standard InChI is InChI=1S/C36H34N2P2S2/c1-3-19-31-21(9-1)23-11-5-17-29(35(23)41-31)39-27-15-8-16-28-34(27)33-25(37-39)13-7-14-26(33)38-40(28)30-18-6-12-24-22-10-2-4-20-32(22)42-36(24)30/h1-6,9-12,17-20,25-28,33-34,37-38H,7-8,13-16H2. The minimum absolute atomic E-state index is 0.410. The summed E-state index contributed by atoms with van der Waals surface area (Å²) in [6, 6.07) is 33.9. The second-order valence-electron chi connectivity index (χ2n) is 12.9. The van der Waals surface area contributed by atoms with Crippen LogP contribution < -0.4 is 20.8 Å². The highest BCUT2D eigenvalue weighted by Gasteiger charge is 2.57. The molecule has 4 fully saturated rings. The van der Waals surface area contributed by atoms with Gasteiger partial charge in [0.1, 0.15) is 0 Å². The first-order valence-corrected chi connectivity index (χ1v) is 20.2. The SMILES string of the molecule is c1ccc2c(c1)sc1c(P3NC4CCCC5NP(c6cccc7c6sc6ccccc67)C6CCCC3C6C45)cccc12. The molecular weight excluding hydrogens is 586 g/mol. The molecule has 0 amide bonds. The van der Waals surface area contributed by atoms with Gasteiger partial charge in [-0.3, -0.25) is 10.2 Å². The predicted molar refractivity (Wildman–Crippen MR) is 188 cm³/mol. The van der Waals surface area contributed by atoms with Gasteiger partial charge in [0.2, 0.25) is 0 Å². The minimum Gasteiger partial charge on any atom is -0.288 e. The molecule has 0 radical (unpaired) electrons. The molecule has 2 saturated carbocycles. The van der Waals surface area contributed by atoms with Gasteiger partial charge in [-0.2, -0.15) is 0 Å². The van der Waals surface area contributed by atoms with Crippen LogP contribution in [0.3, 0.4) is 0 Å². The molecule has 4 heterocycles. The molecule has 2 nitrogen and oxygen atoms in total. The average Bonchev–Trinajstić information content (AvgIpc) is 3.62. The van der Waals surface area contributed by atoms with Gasteiger partial charge in [-0.25, -0.2) is 0 Å². The van der Waals surface area contributed by atoms with Crippen molar-refractivity contribution in [2.75, 3.05) is 0 Å². The zero-order valence-electron chi connectivity index (χ0n) is 23.5. The van der Waals surface area contributed by atoms with Crippen LogP contribution >= 0.6 is 38.8 Å². The fourth-order valence-corrected chi connectivity index (χ4v) is 18.7. The van der Waals surface area contributed by atoms with Crippen LogP contribution in [0.2, 0.25) is 0 Å². The van der Waals surface area contributed by atoms with Crippen LogP contribution in [0.4, 0.5) is 0 Å². The first-order valence-electron chi connectivity index (χ1n) is 15.7. The van der Waals surface area contributed by atoms with E-state index < -0.39 is 16.1 Å². The van der Waals surface area contributed by atoms with Crippen molar-refractivity contribution in [3.8, 4) is 0 Å². The Morgan fingerprint density at radius 3 is 1.52 bits per heavy atom. The first kappa shape index (κ1) is 25.4. The lowest BCUT2D eigenvalue weighted by Crippen LogP contribution is -2.65. The summed E-state index contributed by atoms with van der Waals surface area (Å²) in [5.74, 6) is 1.62. The summed E-state index contributed by atoms with van der Waals surface area (Å²) in [6.45, 7) is 0. The third kappa shape index (κ3) is 3.64. The lowest BCUT2D eigenvalue weighted by molar-refractivity contribution is 0.116. The summed E-state index contributed by atoms with van der Waals surface area (Å²) in [4.78, 5) is 0. The van der Waals surface area contributed by atoms with Gasteiger partial charge in [0.15, 0.2) is 0 Å². The minimum atomic E-state index is -0.410. The van der Waals surface area contributed by atoms with Crippen molar-refractivity contribution in [2.24, 2.45) is 11.8 Å². The van der Waals surface area contributed by atoms with Gasteiger partial charge in [-0.1, -0.05) is 85.6 Å². The molecule has 2 aromatic heterocycles. The molecule has 6 unspecified atom stereocenters. The third-order valence-corrected chi connectivity index (χ3v) is 19.1. The normalized spacial score (nSPS) is 32.5. The van der Waals surface area contributed by atoms with Crippen molar-refractivity contribution in [1.82, 2.24) is 10.2 Å². The Labute approximate surface area is 257 Å². The van der Waals surface area contributed by atoms with Crippen molar-refractivity contribution in [3.05, 3.63) is 84.9 Å². The summed E-state index contributed by atoms with van der Waals surface area (Å²) in [5.41, 5.74) is 1.57. The number of rotatable bonds is 2. The fourth-order valence-electron chi connectivity index (χ4n) is 9.24. The lowest BCUT2D eigenvalue weighted by Gasteiger charge is -2.62. The smallest absolute Gasteiger partial charge is 0.0445 e. The van der Waals surface area contributed by atoms with Gasteiger partial charge in [-0.05, 0) is 65.8 Å². The molecule has 210 valence electrons. The predicted octanol–water partition coefficient (Wildman–Crippen LogP) is 9.45. The molecular formula is C36H34N2P2S2. The number of nitrogens with one attached hydrogen (secondary N) is 2. The van der Waals surface area contributed by atoms with Crippen molar-refractivity contribution in [3.63, 3.8) is 0 Å². The summed E-state index contributed by atoms with van der Waals surface area (Å²) in [6.07, 6.45) is 8.22. The molecule has 2 saturated heterocycles. The van der Waals surface area contributed by atoms with Gasteiger partial charge in [0.05, 0.1) is 0 Å². The van der Waals surface area contributed by atoms with Crippen LogP contribution in [-0.2, 0) is 0 Å². The molecule has 4 aliphatic rings. The Hall–Kier alpha value is -1.90. The van der Waals surface area contributed by atoms with E-state index in [0.717, 1.165) is 23.2 Å². The molecule has 4 aromatic carbocycles. The van der Waals surface area contributed by atoms with Crippen LogP contribution in [0.1, 0.15) is 38.5 Å². The topological polar surface area (TPSA) is 24.1 Å². The average molecular weight is 621 g/mol. The maximum atomic E-state index is 4.43. The number of fused-ring (bicyclic) bond motifs is 6. The van der Waals surface area contributed by atoms with Crippen molar-refractivity contribution >= 4 is 89.8 Å². The number of benzene rings is 4. The monoisotopic (exact) mass is 620 g/mol. The van der Waals surface area contributed by atoms with Crippen LogP contribution in [-0.4, -0.2) is 23.4 Å². The summed E-state index contributed by atoms with van der Waals surface area (Å²) < 4.78 is 5.98. The van der Waals surface area contributed by atoms with E-state index in [1.807, 2.05) is 22.7 Å². The second kappa shape index (κ2) is 9.80. The number of hydrogen-bond acceptors (Lipinski definition) is 4. The molecule has 2 aliphatic heterocycles. The zero-order chi connectivity index (χ0) is 27.4. The van der Waals surface area contributed by atoms with Crippen LogP contribution in [0.25, 0.3) is 40.3 Å². The van der Waals surface area contributed by atoms with Gasteiger partial charge >= 0.3 is 0 Å². The van der Waals surface area contributed by atoms with Gasteiger partial charge in [0.25, 0.3) is 0 Å². The van der Waals surface area contributed by atoms with Crippen molar-refractivity contribution < 1.29 is 0 Å². The Morgan fingerprint density at radius 2 is 0.976 bits per heavy atom. The van der Waals surface area contributed by atoms with E-state index in [1.165, 1.54) is 69.5 Å². The highest BCUT2D eigenvalue weighted by molar-refractivity contribution is 7.67. The lowest BCUT2D eigenvalue weighted by atomic mass is 9.68. The van der Waals surface area contributed by atoms with Crippen molar-refractivity contribution in [1.29, 1.82) is 0 Å². The Balaban J connectivity index is 1.12. The second-order valence-corrected chi connectivity index (χ2v) is 19.3. The van der Waals surface area contributed by atoms with Gasteiger partial charge in [-0.15, -0.1) is 22.7 Å². The van der Waals surface area contributed by atoms with Crippen LogP contribution in [0, 0.1) is 11.8 Å². The van der Waals surface area contributed by atoms with E-state index in [0.29, 0.717) is 12.1 Å². The molecule has 6 aromatic rings. The molecule has 10 rings (SSSR count). The summed E-state index contributed by atoms with van der Waals surface area (Å²) in [7, 11) is -0.819. The van der Waals surface area contributed by atoms with E-state index >= 15 is 0 Å². The van der Waals surface area contributed by atoms with Crippen LogP contribution in [0.15, 0.2) is 84.9 Å². The highest BCUT2D eigenvalue weighted by atomic mass is 32.1. The largest absolute Gasteiger partial charge is 0.288 e. The highest BCUT2D eigenvalue weighted by Crippen LogP contribution is 2.65. The molecule has 6 heteroatoms. The van der Waals surface area contributed by atoms with Gasteiger partial charge in [0, 0.05) is 74.4 Å². The molecule has 0 spiro atoms. The van der Waals surface area contributed by atoms with E-state index in [2.05, 4.69) is 95.1 Å². The van der Waals surface area contributed by atoms with Gasteiger partial charge < -0.3 is 0 Å². The molecule has 6 atom stereocenters. The maximum absolute atomic E-state index is 4.43. The van der Waals surface area contributed by atoms with E-state index in [9.17, 15) is 0 Å². The third-order valence-electron chi connectivity index (χ3n) is 10.9. The Bertz CT molecular complexity index is 1860. The molecule has 2 N–H and O–H groups in total. The zero-order valence-corrected chi connectivity index (χ0v) is 26.9. The fraction of sp³-hybridized carbons (Fsp3) is 0.333. The first-order chi connectivity index (χ1) is 20.8. The summed E-state index contributed by atoms with van der Waals surface area (Å²) >= 11 is 4.07. The van der Waals surface area contributed by atoms with Crippen LogP contribution in [0.5, 0.6) is 0 Å². The number of thiophene rings is 2. The molecule has 2 aliphatic carbocycles. The number of hydrogen-bond donors (Lipinski definition) is 2. The summed E-state index contributed by atoms with van der Waals surface area (Å²) in [5, 5.41) is 18.0. The van der Waals surface area contributed by atoms with E-state index in [1.54, 1.807) is 20.0 Å². The Kier molecular flexibility index (Phi) is 5.93. The maximum Gasteiger partial charge on any atom is 0.0445 e. The van der Waals surface area contributed by atoms with E-state index in [4.69, 9.17) is 0 Å². The van der Waals surface area contributed by atoms with E-state index in [-0.39, 0.29) is 0 Å². The quantitative estimate of drug-likeness (QED) is 0.189. The molecule has 42 heavy (non-hydrogen) atoms. The Morgan fingerprint density at radius 1 is 0.500 bits per heavy atom.